The number of aromatic nitrogens is 2. The molecule has 0 saturated carbocycles. The molecule has 2 aromatic rings. The molecule has 1 aliphatic carbocycles. The predicted molar refractivity (Wildman–Crippen MR) is 81.4 cm³/mol. The Morgan fingerprint density at radius 3 is 3.19 bits per heavy atom. The molecule has 6 heteroatoms. The van der Waals surface area contributed by atoms with Gasteiger partial charge in [-0.15, -0.1) is 11.3 Å². The van der Waals surface area contributed by atoms with Crippen molar-refractivity contribution in [3.63, 3.8) is 0 Å². The second-order valence-corrected chi connectivity index (χ2v) is 5.93. The standard InChI is InChI=1S/C15H17N3O2S/c1-2-20-14(19)11-6-7-12-13(11)18-15(21-12)17-9-10-5-3-4-8-16-10/h3-5,8,11H,2,6-7,9H2,1H3,(H,17,18). The average molecular weight is 303 g/mol. The summed E-state index contributed by atoms with van der Waals surface area (Å²) in [6, 6.07) is 5.82. The molecule has 110 valence electrons. The van der Waals surface area contributed by atoms with Gasteiger partial charge in [-0.05, 0) is 31.9 Å². The molecule has 1 atom stereocenters. The summed E-state index contributed by atoms with van der Waals surface area (Å²) in [5, 5.41) is 4.12. The van der Waals surface area contributed by atoms with Gasteiger partial charge in [0.2, 0.25) is 0 Å². The van der Waals surface area contributed by atoms with Crippen molar-refractivity contribution in [3.05, 3.63) is 40.7 Å². The number of fused-ring (bicyclic) bond motifs is 1. The first-order valence-corrected chi connectivity index (χ1v) is 7.89. The van der Waals surface area contributed by atoms with Gasteiger partial charge in [-0.1, -0.05) is 6.07 Å². The topological polar surface area (TPSA) is 64.1 Å². The number of esters is 1. The van der Waals surface area contributed by atoms with Crippen LogP contribution in [0.5, 0.6) is 0 Å². The molecule has 21 heavy (non-hydrogen) atoms. The monoisotopic (exact) mass is 303 g/mol. The van der Waals surface area contributed by atoms with Crippen LogP contribution in [0.25, 0.3) is 0 Å². The van der Waals surface area contributed by atoms with Gasteiger partial charge in [-0.25, -0.2) is 4.98 Å². The number of carbonyl (C=O) groups is 1. The quantitative estimate of drug-likeness (QED) is 0.860. The van der Waals surface area contributed by atoms with Crippen LogP contribution in [-0.4, -0.2) is 22.5 Å². The molecule has 0 aliphatic heterocycles. The number of aryl methyl sites for hydroxylation is 1. The molecule has 0 bridgehead atoms. The SMILES string of the molecule is CCOC(=O)C1CCc2sc(NCc3ccccn3)nc21. The second-order valence-electron chi connectivity index (χ2n) is 4.85. The Morgan fingerprint density at radius 1 is 1.52 bits per heavy atom. The maximum absolute atomic E-state index is 11.9. The molecule has 3 rings (SSSR count). The Hall–Kier alpha value is -1.95. The van der Waals surface area contributed by atoms with E-state index in [1.54, 1.807) is 17.5 Å². The summed E-state index contributed by atoms with van der Waals surface area (Å²) in [6.07, 6.45) is 3.49. The molecule has 1 N–H and O–H groups in total. The third-order valence-electron chi connectivity index (χ3n) is 3.44. The van der Waals surface area contributed by atoms with Gasteiger partial charge in [-0.2, -0.15) is 0 Å². The minimum atomic E-state index is -0.193. The fourth-order valence-electron chi connectivity index (χ4n) is 2.44. The molecule has 0 amide bonds. The normalized spacial score (nSPS) is 16.5. The van der Waals surface area contributed by atoms with Crippen molar-refractivity contribution in [2.24, 2.45) is 0 Å². The maximum atomic E-state index is 11.9. The lowest BCUT2D eigenvalue weighted by atomic mass is 10.1. The van der Waals surface area contributed by atoms with Gasteiger partial charge < -0.3 is 10.1 Å². The molecule has 5 nitrogen and oxygen atoms in total. The third kappa shape index (κ3) is 3.05. The summed E-state index contributed by atoms with van der Waals surface area (Å²) in [5.41, 5.74) is 1.86. The van der Waals surface area contributed by atoms with Crippen LogP contribution in [0.3, 0.4) is 0 Å². The Balaban J connectivity index is 1.67. The second kappa shape index (κ2) is 6.22. The average Bonchev–Trinajstić information content (AvgIpc) is 3.06. The van der Waals surface area contributed by atoms with Crippen molar-refractivity contribution in [3.8, 4) is 0 Å². The molecule has 0 radical (unpaired) electrons. The zero-order valence-electron chi connectivity index (χ0n) is 11.8. The minimum absolute atomic E-state index is 0.155. The molecule has 2 aromatic heterocycles. The predicted octanol–water partition coefficient (Wildman–Crippen LogP) is 2.74. The summed E-state index contributed by atoms with van der Waals surface area (Å²) in [6.45, 7) is 2.88. The van der Waals surface area contributed by atoms with E-state index < -0.39 is 0 Å². The Morgan fingerprint density at radius 2 is 2.43 bits per heavy atom. The lowest BCUT2D eigenvalue weighted by Crippen LogP contribution is -2.14. The molecule has 2 heterocycles. The fourth-order valence-corrected chi connectivity index (χ4v) is 3.48. The van der Waals surface area contributed by atoms with E-state index in [9.17, 15) is 4.79 Å². The van der Waals surface area contributed by atoms with Crippen LogP contribution < -0.4 is 5.32 Å². The number of anilines is 1. The van der Waals surface area contributed by atoms with E-state index in [1.165, 1.54) is 4.88 Å². The molecule has 1 unspecified atom stereocenters. The first kappa shape index (κ1) is 14.0. The number of hydrogen-bond acceptors (Lipinski definition) is 6. The van der Waals surface area contributed by atoms with E-state index >= 15 is 0 Å². The van der Waals surface area contributed by atoms with Crippen LogP contribution >= 0.6 is 11.3 Å². The highest BCUT2D eigenvalue weighted by molar-refractivity contribution is 7.15. The summed E-state index contributed by atoms with van der Waals surface area (Å²) >= 11 is 1.62. The lowest BCUT2D eigenvalue weighted by molar-refractivity contribution is -0.145. The van der Waals surface area contributed by atoms with Crippen molar-refractivity contribution in [1.29, 1.82) is 0 Å². The smallest absolute Gasteiger partial charge is 0.315 e. The van der Waals surface area contributed by atoms with Gasteiger partial charge in [-0.3, -0.25) is 9.78 Å². The van der Waals surface area contributed by atoms with Crippen LogP contribution in [0.1, 0.15) is 35.5 Å². The third-order valence-corrected chi connectivity index (χ3v) is 4.52. The number of pyridine rings is 1. The molecule has 0 fully saturated rings. The number of nitrogens with one attached hydrogen (secondary N) is 1. The zero-order valence-corrected chi connectivity index (χ0v) is 12.7. The van der Waals surface area contributed by atoms with Gasteiger partial charge in [0.25, 0.3) is 0 Å². The molecule has 0 aromatic carbocycles. The van der Waals surface area contributed by atoms with Crippen molar-refractivity contribution >= 4 is 22.4 Å². The van der Waals surface area contributed by atoms with Crippen LogP contribution in [0, 0.1) is 0 Å². The molecular formula is C15H17N3O2S. The van der Waals surface area contributed by atoms with E-state index in [0.29, 0.717) is 13.2 Å². The number of rotatable bonds is 5. The highest BCUT2D eigenvalue weighted by Gasteiger charge is 2.33. The van der Waals surface area contributed by atoms with Gasteiger partial charge in [0, 0.05) is 11.1 Å². The first-order valence-electron chi connectivity index (χ1n) is 7.08. The number of ether oxygens (including phenoxy) is 1. The molecular weight excluding hydrogens is 286 g/mol. The molecule has 1 aliphatic rings. The number of hydrogen-bond donors (Lipinski definition) is 1. The van der Waals surface area contributed by atoms with E-state index in [2.05, 4.69) is 15.3 Å². The van der Waals surface area contributed by atoms with Crippen molar-refractivity contribution < 1.29 is 9.53 Å². The van der Waals surface area contributed by atoms with Crippen LogP contribution in [0.2, 0.25) is 0 Å². The zero-order chi connectivity index (χ0) is 14.7. The first-order chi connectivity index (χ1) is 10.3. The summed E-state index contributed by atoms with van der Waals surface area (Å²) in [4.78, 5) is 21.9. The van der Waals surface area contributed by atoms with Gasteiger partial charge in [0.05, 0.1) is 24.5 Å². The van der Waals surface area contributed by atoms with Gasteiger partial charge in [0.15, 0.2) is 5.13 Å². The van der Waals surface area contributed by atoms with Crippen molar-refractivity contribution in [1.82, 2.24) is 9.97 Å². The Labute approximate surface area is 127 Å². The number of carbonyl (C=O) groups excluding carboxylic acids is 1. The van der Waals surface area contributed by atoms with Crippen LogP contribution in [-0.2, 0) is 22.5 Å². The molecule has 0 spiro atoms. The highest BCUT2D eigenvalue weighted by Crippen LogP contribution is 2.38. The van der Waals surface area contributed by atoms with E-state index in [0.717, 1.165) is 29.4 Å². The Kier molecular flexibility index (Phi) is 4.15. The minimum Gasteiger partial charge on any atom is -0.465 e. The van der Waals surface area contributed by atoms with Crippen LogP contribution in [0.15, 0.2) is 24.4 Å². The number of thiazole rings is 1. The molecule has 0 saturated heterocycles. The Bertz CT molecular complexity index is 627. The van der Waals surface area contributed by atoms with Gasteiger partial charge in [0.1, 0.15) is 5.92 Å². The highest BCUT2D eigenvalue weighted by atomic mass is 32.1. The summed E-state index contributed by atoms with van der Waals surface area (Å²) in [5.74, 6) is -0.348. The van der Waals surface area contributed by atoms with Gasteiger partial charge >= 0.3 is 5.97 Å². The van der Waals surface area contributed by atoms with Crippen molar-refractivity contribution in [2.75, 3.05) is 11.9 Å². The van der Waals surface area contributed by atoms with E-state index in [1.807, 2.05) is 25.1 Å². The fraction of sp³-hybridized carbons (Fsp3) is 0.400. The summed E-state index contributed by atoms with van der Waals surface area (Å²) in [7, 11) is 0. The van der Waals surface area contributed by atoms with Crippen molar-refractivity contribution in [2.45, 2.75) is 32.2 Å². The summed E-state index contributed by atoms with van der Waals surface area (Å²) < 4.78 is 5.12. The largest absolute Gasteiger partial charge is 0.465 e. The van der Waals surface area contributed by atoms with E-state index in [-0.39, 0.29) is 11.9 Å². The van der Waals surface area contributed by atoms with Crippen LogP contribution in [0.4, 0.5) is 5.13 Å². The van der Waals surface area contributed by atoms with E-state index in [4.69, 9.17) is 4.74 Å². The number of nitrogens with zero attached hydrogens (tertiary/aromatic N) is 2. The lowest BCUT2D eigenvalue weighted by Gasteiger charge is -2.08. The maximum Gasteiger partial charge on any atom is 0.315 e.